The Morgan fingerprint density at radius 1 is 1.53 bits per heavy atom. The van der Waals surface area contributed by atoms with Crippen LogP contribution in [0.1, 0.15) is 43.6 Å². The molecule has 2 heterocycles. The summed E-state index contributed by atoms with van der Waals surface area (Å²) in [6.45, 7) is 4.42. The van der Waals surface area contributed by atoms with Crippen LogP contribution in [0.5, 0.6) is 0 Å². The van der Waals surface area contributed by atoms with Crippen LogP contribution in [0, 0.1) is 5.92 Å². The summed E-state index contributed by atoms with van der Waals surface area (Å²) in [5.41, 5.74) is 2.75. The van der Waals surface area contributed by atoms with E-state index in [-0.39, 0.29) is 0 Å². The number of imidazole rings is 1. The standard InChI is InChI=1S/C12H19N3/c1-9(10-3-2-4-10)15-8-14-11-7-13-6-5-12(11)15/h8-10,13H,2-7H2,1H3. The molecule has 1 atom stereocenters. The second-order valence-corrected chi connectivity index (χ2v) is 4.90. The summed E-state index contributed by atoms with van der Waals surface area (Å²) in [7, 11) is 0. The van der Waals surface area contributed by atoms with Crippen molar-refractivity contribution in [2.75, 3.05) is 6.54 Å². The molecular formula is C12H19N3. The molecule has 3 rings (SSSR count). The molecule has 1 aliphatic heterocycles. The van der Waals surface area contributed by atoms with Crippen LogP contribution < -0.4 is 5.32 Å². The number of hydrogen-bond acceptors (Lipinski definition) is 2. The van der Waals surface area contributed by atoms with Crippen molar-refractivity contribution in [2.24, 2.45) is 5.92 Å². The van der Waals surface area contributed by atoms with Gasteiger partial charge in [-0.2, -0.15) is 0 Å². The smallest absolute Gasteiger partial charge is 0.0954 e. The van der Waals surface area contributed by atoms with E-state index in [0.717, 1.165) is 25.4 Å². The fourth-order valence-electron chi connectivity index (χ4n) is 2.76. The average molecular weight is 205 g/mol. The summed E-state index contributed by atoms with van der Waals surface area (Å²) < 4.78 is 2.43. The maximum atomic E-state index is 4.52. The van der Waals surface area contributed by atoms with Gasteiger partial charge in [0.1, 0.15) is 0 Å². The van der Waals surface area contributed by atoms with Gasteiger partial charge >= 0.3 is 0 Å². The third kappa shape index (κ3) is 1.49. The van der Waals surface area contributed by atoms with Gasteiger partial charge in [0.15, 0.2) is 0 Å². The molecule has 1 unspecified atom stereocenters. The van der Waals surface area contributed by atoms with Gasteiger partial charge in [0.25, 0.3) is 0 Å². The number of hydrogen-bond donors (Lipinski definition) is 1. The van der Waals surface area contributed by atoms with Crippen molar-refractivity contribution >= 4 is 0 Å². The Hall–Kier alpha value is -0.830. The quantitative estimate of drug-likeness (QED) is 0.799. The van der Waals surface area contributed by atoms with Gasteiger partial charge in [-0.1, -0.05) is 6.42 Å². The summed E-state index contributed by atoms with van der Waals surface area (Å²) in [6, 6.07) is 0.660. The van der Waals surface area contributed by atoms with E-state index in [9.17, 15) is 0 Å². The van der Waals surface area contributed by atoms with Crippen LogP contribution in [-0.4, -0.2) is 16.1 Å². The van der Waals surface area contributed by atoms with Gasteiger partial charge < -0.3 is 9.88 Å². The molecule has 0 saturated heterocycles. The minimum atomic E-state index is 0.660. The maximum absolute atomic E-state index is 4.52. The molecule has 15 heavy (non-hydrogen) atoms. The van der Waals surface area contributed by atoms with E-state index in [2.05, 4.69) is 28.1 Å². The van der Waals surface area contributed by atoms with Crippen LogP contribution in [-0.2, 0) is 13.0 Å². The van der Waals surface area contributed by atoms with E-state index in [1.54, 1.807) is 0 Å². The van der Waals surface area contributed by atoms with E-state index in [0.29, 0.717) is 6.04 Å². The molecule has 0 aromatic carbocycles. The van der Waals surface area contributed by atoms with Gasteiger partial charge in [0.2, 0.25) is 0 Å². The van der Waals surface area contributed by atoms with Crippen molar-refractivity contribution in [1.82, 2.24) is 14.9 Å². The van der Waals surface area contributed by atoms with Crippen LogP contribution in [0.4, 0.5) is 0 Å². The molecule has 0 bridgehead atoms. The normalized spacial score (nSPS) is 23.3. The summed E-state index contributed by atoms with van der Waals surface area (Å²) in [5.74, 6) is 0.901. The molecule has 1 aromatic heterocycles. The largest absolute Gasteiger partial charge is 0.331 e. The van der Waals surface area contributed by atoms with Gasteiger partial charge in [0, 0.05) is 31.2 Å². The molecule has 1 N–H and O–H groups in total. The summed E-state index contributed by atoms with van der Waals surface area (Å²) >= 11 is 0. The fourth-order valence-corrected chi connectivity index (χ4v) is 2.76. The minimum Gasteiger partial charge on any atom is -0.331 e. The zero-order valence-electron chi connectivity index (χ0n) is 9.37. The SMILES string of the molecule is CC(C1CCC1)n1cnc2c1CCNC2. The lowest BCUT2D eigenvalue weighted by atomic mass is 9.80. The van der Waals surface area contributed by atoms with Crippen molar-refractivity contribution in [1.29, 1.82) is 0 Å². The summed E-state index contributed by atoms with van der Waals surface area (Å²) in [4.78, 5) is 4.52. The van der Waals surface area contributed by atoms with Crippen LogP contribution in [0.2, 0.25) is 0 Å². The highest BCUT2D eigenvalue weighted by Gasteiger charge is 2.27. The Balaban J connectivity index is 1.87. The molecule has 0 amide bonds. The second-order valence-electron chi connectivity index (χ2n) is 4.90. The zero-order chi connectivity index (χ0) is 10.3. The number of fused-ring (bicyclic) bond motifs is 1. The Labute approximate surface area is 90.9 Å². The lowest BCUT2D eigenvalue weighted by Crippen LogP contribution is -2.28. The van der Waals surface area contributed by atoms with Gasteiger partial charge in [0.05, 0.1) is 12.0 Å². The van der Waals surface area contributed by atoms with Crippen LogP contribution >= 0.6 is 0 Å². The first-order valence-electron chi connectivity index (χ1n) is 6.11. The molecule has 82 valence electrons. The highest BCUT2D eigenvalue weighted by atomic mass is 15.1. The highest BCUT2D eigenvalue weighted by molar-refractivity contribution is 5.17. The van der Waals surface area contributed by atoms with E-state index < -0.39 is 0 Å². The third-order valence-corrected chi connectivity index (χ3v) is 4.08. The second kappa shape index (κ2) is 3.63. The first-order chi connectivity index (χ1) is 7.36. The van der Waals surface area contributed by atoms with Crippen molar-refractivity contribution in [3.63, 3.8) is 0 Å². The first-order valence-corrected chi connectivity index (χ1v) is 6.11. The van der Waals surface area contributed by atoms with Crippen molar-refractivity contribution in [2.45, 2.75) is 45.2 Å². The van der Waals surface area contributed by atoms with Crippen molar-refractivity contribution in [3.8, 4) is 0 Å². The highest BCUT2D eigenvalue weighted by Crippen LogP contribution is 2.37. The molecule has 2 aliphatic rings. The topological polar surface area (TPSA) is 29.9 Å². The number of nitrogens with zero attached hydrogens (tertiary/aromatic N) is 2. The van der Waals surface area contributed by atoms with Gasteiger partial charge in [-0.15, -0.1) is 0 Å². The third-order valence-electron chi connectivity index (χ3n) is 4.08. The molecule has 1 aromatic rings. The van der Waals surface area contributed by atoms with Crippen molar-refractivity contribution < 1.29 is 0 Å². The number of rotatable bonds is 2. The molecule has 0 radical (unpaired) electrons. The molecule has 1 saturated carbocycles. The Morgan fingerprint density at radius 2 is 2.40 bits per heavy atom. The Morgan fingerprint density at radius 3 is 3.13 bits per heavy atom. The van der Waals surface area contributed by atoms with Gasteiger partial charge in [-0.25, -0.2) is 4.98 Å². The van der Waals surface area contributed by atoms with E-state index >= 15 is 0 Å². The number of nitrogens with one attached hydrogen (secondary N) is 1. The zero-order valence-corrected chi connectivity index (χ0v) is 9.37. The molecular weight excluding hydrogens is 186 g/mol. The Kier molecular flexibility index (Phi) is 2.28. The van der Waals surface area contributed by atoms with E-state index in [1.165, 1.54) is 30.7 Å². The predicted molar refractivity (Wildman–Crippen MR) is 59.7 cm³/mol. The van der Waals surface area contributed by atoms with Crippen LogP contribution in [0.15, 0.2) is 6.33 Å². The molecule has 1 fully saturated rings. The van der Waals surface area contributed by atoms with Gasteiger partial charge in [-0.05, 0) is 25.7 Å². The maximum Gasteiger partial charge on any atom is 0.0954 e. The lowest BCUT2D eigenvalue weighted by molar-refractivity contribution is 0.219. The molecule has 0 spiro atoms. The van der Waals surface area contributed by atoms with E-state index in [1.807, 2.05) is 0 Å². The number of aromatic nitrogens is 2. The Bertz CT molecular complexity index is 352. The van der Waals surface area contributed by atoms with E-state index in [4.69, 9.17) is 0 Å². The molecule has 1 aliphatic carbocycles. The predicted octanol–water partition coefficient (Wildman–Crippen LogP) is 1.89. The van der Waals surface area contributed by atoms with Crippen LogP contribution in [0.25, 0.3) is 0 Å². The summed E-state index contributed by atoms with van der Waals surface area (Å²) in [5, 5.41) is 3.37. The monoisotopic (exact) mass is 205 g/mol. The first kappa shape index (κ1) is 9.40. The average Bonchev–Trinajstić information content (AvgIpc) is 2.58. The lowest BCUT2D eigenvalue weighted by Gasteiger charge is -2.33. The van der Waals surface area contributed by atoms with Gasteiger partial charge in [-0.3, -0.25) is 0 Å². The molecule has 3 heteroatoms. The van der Waals surface area contributed by atoms with Crippen LogP contribution in [0.3, 0.4) is 0 Å². The molecule has 3 nitrogen and oxygen atoms in total. The summed E-state index contributed by atoms with van der Waals surface area (Å²) in [6.07, 6.45) is 7.44. The van der Waals surface area contributed by atoms with Crippen molar-refractivity contribution in [3.05, 3.63) is 17.7 Å². The fraction of sp³-hybridized carbons (Fsp3) is 0.750. The minimum absolute atomic E-state index is 0.660.